The van der Waals surface area contributed by atoms with Crippen molar-refractivity contribution >= 4 is 11.6 Å². The van der Waals surface area contributed by atoms with Crippen molar-refractivity contribution in [2.75, 3.05) is 13.2 Å². The summed E-state index contributed by atoms with van der Waals surface area (Å²) in [5, 5.41) is 4.68. The molecule has 0 amide bonds. The first-order valence-electron chi connectivity index (χ1n) is 8.59. The van der Waals surface area contributed by atoms with E-state index in [9.17, 15) is 0 Å². The van der Waals surface area contributed by atoms with E-state index in [2.05, 4.69) is 23.1 Å². The highest BCUT2D eigenvalue weighted by Crippen LogP contribution is 2.39. The minimum Gasteiger partial charge on any atom is -0.462 e. The standard InChI is InChI=1S/C19H20ClN3O3/c1-14-2-4-15(5-3-14)26-16-6-7-17(18(20)10-16)19(24-8-9-25-19)11-23-13-21-12-22-23/h2,4,6-7,10,12-13H,3,5,8-9,11H2,1H3. The Morgan fingerprint density at radius 3 is 2.73 bits per heavy atom. The SMILES string of the molecule is CC1=CC=C(Oc2ccc(C3(Cn4cncn4)OCCO3)c(Cl)c2)CC1. The average molecular weight is 374 g/mol. The first kappa shape index (κ1) is 17.3. The van der Waals surface area contributed by atoms with Gasteiger partial charge in [0.2, 0.25) is 5.79 Å². The summed E-state index contributed by atoms with van der Waals surface area (Å²) in [5.41, 5.74) is 2.11. The van der Waals surface area contributed by atoms with Crippen LogP contribution in [0, 0.1) is 0 Å². The van der Waals surface area contributed by atoms with E-state index in [1.807, 2.05) is 18.2 Å². The molecular weight excluding hydrogens is 354 g/mol. The number of halogens is 1. The molecule has 0 bridgehead atoms. The molecule has 1 saturated heterocycles. The molecule has 136 valence electrons. The predicted octanol–water partition coefficient (Wildman–Crippen LogP) is 3.83. The molecule has 1 aromatic carbocycles. The van der Waals surface area contributed by atoms with Crippen LogP contribution in [0.1, 0.15) is 25.3 Å². The van der Waals surface area contributed by atoms with Crippen LogP contribution in [0.3, 0.4) is 0 Å². The number of nitrogens with zero attached hydrogens (tertiary/aromatic N) is 3. The number of allylic oxidation sites excluding steroid dienone is 4. The normalized spacial score (nSPS) is 19.2. The minimum absolute atomic E-state index is 0.377. The average Bonchev–Trinajstić information content (AvgIpc) is 3.30. The zero-order valence-corrected chi connectivity index (χ0v) is 15.3. The molecule has 0 atom stereocenters. The molecule has 1 aromatic heterocycles. The number of benzene rings is 1. The van der Waals surface area contributed by atoms with Gasteiger partial charge in [-0.05, 0) is 37.6 Å². The highest BCUT2D eigenvalue weighted by molar-refractivity contribution is 6.31. The van der Waals surface area contributed by atoms with Crippen LogP contribution in [0.25, 0.3) is 0 Å². The van der Waals surface area contributed by atoms with Crippen LogP contribution in [-0.2, 0) is 21.8 Å². The Morgan fingerprint density at radius 2 is 2.08 bits per heavy atom. The quantitative estimate of drug-likeness (QED) is 0.797. The Hall–Kier alpha value is -2.15. The number of rotatable bonds is 5. The van der Waals surface area contributed by atoms with E-state index in [0.717, 1.165) is 24.2 Å². The predicted molar refractivity (Wildman–Crippen MR) is 96.8 cm³/mol. The van der Waals surface area contributed by atoms with Crippen LogP contribution in [0.2, 0.25) is 5.02 Å². The van der Waals surface area contributed by atoms with E-state index in [1.54, 1.807) is 17.1 Å². The number of hydrogen-bond acceptors (Lipinski definition) is 5. The molecule has 0 spiro atoms. The summed E-state index contributed by atoms with van der Waals surface area (Å²) >= 11 is 6.56. The van der Waals surface area contributed by atoms with Crippen LogP contribution >= 0.6 is 11.6 Å². The summed E-state index contributed by atoms with van der Waals surface area (Å²) in [7, 11) is 0. The van der Waals surface area contributed by atoms with Crippen molar-refractivity contribution in [1.82, 2.24) is 14.8 Å². The zero-order chi connectivity index (χ0) is 18.0. The van der Waals surface area contributed by atoms with Gasteiger partial charge in [-0.2, -0.15) is 5.10 Å². The molecule has 6 nitrogen and oxygen atoms in total. The Labute approximate surface area is 157 Å². The van der Waals surface area contributed by atoms with Gasteiger partial charge in [-0.3, -0.25) is 0 Å². The third kappa shape index (κ3) is 3.53. The molecule has 4 rings (SSSR count). The third-order valence-electron chi connectivity index (χ3n) is 4.51. The van der Waals surface area contributed by atoms with E-state index >= 15 is 0 Å². The lowest BCUT2D eigenvalue weighted by molar-refractivity contribution is -0.177. The van der Waals surface area contributed by atoms with Crippen molar-refractivity contribution in [2.45, 2.75) is 32.1 Å². The molecule has 7 heteroatoms. The third-order valence-corrected chi connectivity index (χ3v) is 4.82. The second-order valence-corrected chi connectivity index (χ2v) is 6.84. The monoisotopic (exact) mass is 373 g/mol. The van der Waals surface area contributed by atoms with Gasteiger partial charge < -0.3 is 14.2 Å². The van der Waals surface area contributed by atoms with Crippen molar-refractivity contribution in [3.63, 3.8) is 0 Å². The summed E-state index contributed by atoms with van der Waals surface area (Å²) in [6.45, 7) is 3.50. The Morgan fingerprint density at radius 1 is 1.23 bits per heavy atom. The van der Waals surface area contributed by atoms with E-state index in [0.29, 0.717) is 30.5 Å². The fraction of sp³-hybridized carbons (Fsp3) is 0.368. The first-order valence-corrected chi connectivity index (χ1v) is 8.97. The molecule has 0 N–H and O–H groups in total. The van der Waals surface area contributed by atoms with Crippen LogP contribution < -0.4 is 4.74 Å². The maximum atomic E-state index is 6.56. The van der Waals surface area contributed by atoms with E-state index in [4.69, 9.17) is 25.8 Å². The zero-order valence-electron chi connectivity index (χ0n) is 14.5. The lowest BCUT2D eigenvalue weighted by atomic mass is 10.0. The van der Waals surface area contributed by atoms with Gasteiger partial charge in [0.05, 0.1) is 18.2 Å². The molecule has 0 radical (unpaired) electrons. The molecule has 2 aromatic rings. The maximum Gasteiger partial charge on any atom is 0.216 e. The fourth-order valence-corrected chi connectivity index (χ4v) is 3.46. The first-order chi connectivity index (χ1) is 12.6. The van der Waals surface area contributed by atoms with Gasteiger partial charge in [-0.25, -0.2) is 9.67 Å². The van der Waals surface area contributed by atoms with Gasteiger partial charge in [-0.15, -0.1) is 0 Å². The van der Waals surface area contributed by atoms with E-state index in [1.165, 1.54) is 11.9 Å². The molecule has 26 heavy (non-hydrogen) atoms. The Bertz CT molecular complexity index is 840. The van der Waals surface area contributed by atoms with Gasteiger partial charge in [-0.1, -0.05) is 23.3 Å². The van der Waals surface area contributed by atoms with Gasteiger partial charge in [0.1, 0.15) is 30.7 Å². The van der Waals surface area contributed by atoms with Crippen molar-refractivity contribution in [3.8, 4) is 5.75 Å². The molecule has 2 heterocycles. The fourth-order valence-electron chi connectivity index (χ4n) is 3.14. The van der Waals surface area contributed by atoms with Crippen LogP contribution in [0.15, 0.2) is 54.3 Å². The molecule has 0 saturated carbocycles. The number of ether oxygens (including phenoxy) is 3. The smallest absolute Gasteiger partial charge is 0.216 e. The largest absolute Gasteiger partial charge is 0.462 e. The highest BCUT2D eigenvalue weighted by Gasteiger charge is 2.41. The highest BCUT2D eigenvalue weighted by atomic mass is 35.5. The molecule has 1 fully saturated rings. The maximum absolute atomic E-state index is 6.56. The van der Waals surface area contributed by atoms with Crippen LogP contribution in [-0.4, -0.2) is 28.0 Å². The number of hydrogen-bond donors (Lipinski definition) is 0. The molecule has 0 unspecified atom stereocenters. The molecular formula is C19H20ClN3O3. The topological polar surface area (TPSA) is 58.4 Å². The van der Waals surface area contributed by atoms with E-state index < -0.39 is 5.79 Å². The Balaban J connectivity index is 1.58. The summed E-state index contributed by atoms with van der Waals surface area (Å²) < 4.78 is 19.5. The lowest BCUT2D eigenvalue weighted by Crippen LogP contribution is -2.33. The van der Waals surface area contributed by atoms with Crippen molar-refractivity contribution in [1.29, 1.82) is 0 Å². The van der Waals surface area contributed by atoms with Gasteiger partial charge >= 0.3 is 0 Å². The summed E-state index contributed by atoms with van der Waals surface area (Å²) in [6, 6.07) is 5.59. The minimum atomic E-state index is -0.965. The van der Waals surface area contributed by atoms with Gasteiger partial charge in [0.15, 0.2) is 0 Å². The summed E-state index contributed by atoms with van der Waals surface area (Å²) in [5.74, 6) is 0.671. The van der Waals surface area contributed by atoms with Gasteiger partial charge in [0.25, 0.3) is 0 Å². The van der Waals surface area contributed by atoms with Crippen LogP contribution in [0.5, 0.6) is 5.75 Å². The van der Waals surface area contributed by atoms with Crippen molar-refractivity contribution in [3.05, 3.63) is 64.9 Å². The van der Waals surface area contributed by atoms with E-state index in [-0.39, 0.29) is 0 Å². The molecule has 1 aliphatic carbocycles. The second kappa shape index (κ2) is 7.23. The second-order valence-electron chi connectivity index (χ2n) is 6.43. The number of aromatic nitrogens is 3. The summed E-state index contributed by atoms with van der Waals surface area (Å²) in [4.78, 5) is 3.97. The molecule has 2 aliphatic rings. The summed E-state index contributed by atoms with van der Waals surface area (Å²) in [6.07, 6.45) is 9.11. The Kier molecular flexibility index (Phi) is 4.80. The van der Waals surface area contributed by atoms with Gasteiger partial charge in [0, 0.05) is 12.0 Å². The van der Waals surface area contributed by atoms with Crippen LogP contribution in [0.4, 0.5) is 0 Å². The van der Waals surface area contributed by atoms with Crippen molar-refractivity contribution in [2.24, 2.45) is 0 Å². The lowest BCUT2D eigenvalue weighted by Gasteiger charge is -2.28. The van der Waals surface area contributed by atoms with Crippen molar-refractivity contribution < 1.29 is 14.2 Å². The molecule has 1 aliphatic heterocycles.